The fourth-order valence-corrected chi connectivity index (χ4v) is 3.17. The largest absolute Gasteiger partial charge is 0.370 e. The van der Waals surface area contributed by atoms with Crippen LogP contribution < -0.4 is 16.0 Å². The van der Waals surface area contributed by atoms with Crippen molar-refractivity contribution in [2.24, 2.45) is 0 Å². The minimum absolute atomic E-state index is 0.0857. The maximum Gasteiger partial charge on any atom is 0.229 e. The fraction of sp³-hybridized carbons (Fsp3) is 0.381. The number of anilines is 4. The molecule has 0 atom stereocenters. The molecular weight excluding hydrogens is 338 g/mol. The molecule has 1 aromatic heterocycles. The number of nitrogens with zero attached hydrogens (tertiary/aromatic N) is 2. The molecule has 1 heterocycles. The summed E-state index contributed by atoms with van der Waals surface area (Å²) in [5.41, 5.74) is 4.09. The van der Waals surface area contributed by atoms with Gasteiger partial charge in [0.15, 0.2) is 0 Å². The Morgan fingerprint density at radius 3 is 2.59 bits per heavy atom. The van der Waals surface area contributed by atoms with Gasteiger partial charge in [-0.1, -0.05) is 11.6 Å². The lowest BCUT2D eigenvalue weighted by molar-refractivity contribution is -0.114. The molecule has 3 N–H and O–H groups in total. The van der Waals surface area contributed by atoms with Crippen molar-refractivity contribution in [1.82, 2.24) is 9.97 Å². The molecule has 1 amide bonds. The molecule has 1 aliphatic carbocycles. The number of allylic oxidation sites excluding steroid dienone is 1. The van der Waals surface area contributed by atoms with E-state index in [1.54, 1.807) is 5.57 Å². The lowest BCUT2D eigenvalue weighted by Gasteiger charge is -2.14. The summed E-state index contributed by atoms with van der Waals surface area (Å²) in [4.78, 5) is 20.1. The summed E-state index contributed by atoms with van der Waals surface area (Å²) in [6.07, 6.45) is 8.53. The number of rotatable bonds is 7. The molecule has 6 heteroatoms. The van der Waals surface area contributed by atoms with Gasteiger partial charge in [0, 0.05) is 36.6 Å². The maximum absolute atomic E-state index is 11.1. The van der Waals surface area contributed by atoms with Crippen molar-refractivity contribution in [3.05, 3.63) is 47.7 Å². The molecule has 0 unspecified atom stereocenters. The smallest absolute Gasteiger partial charge is 0.229 e. The number of aryl methyl sites for hydroxylation is 1. The third kappa shape index (κ3) is 6.09. The van der Waals surface area contributed by atoms with E-state index >= 15 is 0 Å². The van der Waals surface area contributed by atoms with Crippen LogP contribution in [0.3, 0.4) is 0 Å². The van der Waals surface area contributed by atoms with E-state index in [9.17, 15) is 4.79 Å². The molecule has 0 spiro atoms. The monoisotopic (exact) mass is 365 g/mol. The predicted octanol–water partition coefficient (Wildman–Crippen LogP) is 4.79. The van der Waals surface area contributed by atoms with Crippen LogP contribution in [0.2, 0.25) is 0 Å². The first-order chi connectivity index (χ1) is 13.1. The quantitative estimate of drug-likeness (QED) is 0.615. The molecule has 3 rings (SSSR count). The second-order valence-corrected chi connectivity index (χ2v) is 6.89. The summed E-state index contributed by atoms with van der Waals surface area (Å²) in [5.74, 6) is 1.30. The van der Waals surface area contributed by atoms with Crippen LogP contribution in [-0.4, -0.2) is 22.4 Å². The number of benzene rings is 1. The first kappa shape index (κ1) is 18.9. The minimum atomic E-state index is -0.0857. The number of amides is 1. The molecule has 6 nitrogen and oxygen atoms in total. The Morgan fingerprint density at radius 1 is 1.11 bits per heavy atom. The zero-order chi connectivity index (χ0) is 19.1. The van der Waals surface area contributed by atoms with Gasteiger partial charge in [0.25, 0.3) is 0 Å². The number of carbonyl (C=O) groups is 1. The summed E-state index contributed by atoms with van der Waals surface area (Å²) in [6, 6.07) is 9.42. The van der Waals surface area contributed by atoms with Crippen LogP contribution in [0.25, 0.3) is 0 Å². The van der Waals surface area contributed by atoms with Crippen molar-refractivity contribution in [1.29, 1.82) is 0 Å². The van der Waals surface area contributed by atoms with E-state index in [1.807, 2.05) is 37.3 Å². The van der Waals surface area contributed by atoms with Gasteiger partial charge in [-0.3, -0.25) is 4.79 Å². The Bertz CT molecular complexity index is 814. The molecule has 1 aromatic carbocycles. The summed E-state index contributed by atoms with van der Waals surface area (Å²) in [6.45, 7) is 4.33. The molecule has 0 saturated carbocycles. The normalized spacial score (nSPS) is 13.6. The van der Waals surface area contributed by atoms with Gasteiger partial charge in [0.2, 0.25) is 11.9 Å². The van der Waals surface area contributed by atoms with E-state index in [-0.39, 0.29) is 5.91 Å². The van der Waals surface area contributed by atoms with Gasteiger partial charge in [-0.25, -0.2) is 4.98 Å². The van der Waals surface area contributed by atoms with Crippen molar-refractivity contribution in [3.63, 3.8) is 0 Å². The molecular formula is C21H27N5O. The van der Waals surface area contributed by atoms with Crippen LogP contribution in [-0.2, 0) is 4.79 Å². The third-order valence-corrected chi connectivity index (χ3v) is 4.45. The number of nitrogens with one attached hydrogen (secondary N) is 3. The summed E-state index contributed by atoms with van der Waals surface area (Å²) < 4.78 is 0. The molecule has 142 valence electrons. The number of aromatic nitrogens is 2. The van der Waals surface area contributed by atoms with Crippen LogP contribution in [0, 0.1) is 6.92 Å². The highest BCUT2D eigenvalue weighted by atomic mass is 16.1. The zero-order valence-electron chi connectivity index (χ0n) is 16.0. The lowest BCUT2D eigenvalue weighted by atomic mass is 9.97. The average Bonchev–Trinajstić information content (AvgIpc) is 2.63. The van der Waals surface area contributed by atoms with Gasteiger partial charge in [-0.05, 0) is 63.3 Å². The summed E-state index contributed by atoms with van der Waals surface area (Å²) in [5, 5.41) is 9.38. The van der Waals surface area contributed by atoms with Crippen molar-refractivity contribution in [2.45, 2.75) is 46.0 Å². The SMILES string of the molecule is CC(=O)Nc1ccc(Nc2nc(C)cc(NCCC3=CCCCC3)n2)cc1. The minimum Gasteiger partial charge on any atom is -0.370 e. The Labute approximate surface area is 160 Å². The third-order valence-electron chi connectivity index (χ3n) is 4.45. The van der Waals surface area contributed by atoms with Gasteiger partial charge in [0.05, 0.1) is 0 Å². The first-order valence-corrected chi connectivity index (χ1v) is 9.50. The number of carbonyl (C=O) groups excluding carboxylic acids is 1. The molecule has 1 aliphatic rings. The second-order valence-electron chi connectivity index (χ2n) is 6.89. The van der Waals surface area contributed by atoms with Crippen LogP contribution >= 0.6 is 0 Å². The Hall–Kier alpha value is -2.89. The van der Waals surface area contributed by atoms with Crippen molar-refractivity contribution in [2.75, 3.05) is 22.5 Å². The topological polar surface area (TPSA) is 78.9 Å². The van der Waals surface area contributed by atoms with E-state index in [2.05, 4.69) is 32.0 Å². The van der Waals surface area contributed by atoms with E-state index in [0.717, 1.165) is 35.9 Å². The van der Waals surface area contributed by atoms with Crippen LogP contribution in [0.4, 0.5) is 23.1 Å². The van der Waals surface area contributed by atoms with Crippen LogP contribution in [0.1, 0.15) is 44.7 Å². The standard InChI is InChI=1S/C21H27N5O/c1-15-14-20(22-13-12-17-6-4-3-5-7-17)26-21(23-15)25-19-10-8-18(9-11-19)24-16(2)27/h6,8-11,14H,3-5,7,12-13H2,1-2H3,(H,24,27)(H2,22,23,25,26). The molecule has 2 aromatic rings. The Kier molecular flexibility index (Phi) is 6.41. The van der Waals surface area contributed by atoms with Gasteiger partial charge in [-0.15, -0.1) is 0 Å². The number of hydrogen-bond donors (Lipinski definition) is 3. The lowest BCUT2D eigenvalue weighted by Crippen LogP contribution is -2.08. The number of hydrogen-bond acceptors (Lipinski definition) is 5. The van der Waals surface area contributed by atoms with Crippen LogP contribution in [0.5, 0.6) is 0 Å². The van der Waals surface area contributed by atoms with E-state index in [4.69, 9.17) is 0 Å². The van der Waals surface area contributed by atoms with Crippen LogP contribution in [0.15, 0.2) is 42.0 Å². The van der Waals surface area contributed by atoms with Crippen molar-refractivity contribution < 1.29 is 4.79 Å². The molecule has 0 fully saturated rings. The average molecular weight is 365 g/mol. The van der Waals surface area contributed by atoms with Crippen molar-refractivity contribution in [3.8, 4) is 0 Å². The van der Waals surface area contributed by atoms with E-state index in [1.165, 1.54) is 32.6 Å². The zero-order valence-corrected chi connectivity index (χ0v) is 16.0. The van der Waals surface area contributed by atoms with Gasteiger partial charge < -0.3 is 16.0 Å². The highest BCUT2D eigenvalue weighted by Gasteiger charge is 2.06. The highest BCUT2D eigenvalue weighted by Crippen LogP contribution is 2.21. The molecule has 27 heavy (non-hydrogen) atoms. The molecule has 0 aliphatic heterocycles. The van der Waals surface area contributed by atoms with E-state index in [0.29, 0.717) is 5.95 Å². The molecule has 0 saturated heterocycles. The highest BCUT2D eigenvalue weighted by molar-refractivity contribution is 5.88. The van der Waals surface area contributed by atoms with Crippen molar-refractivity contribution >= 4 is 29.0 Å². The maximum atomic E-state index is 11.1. The second kappa shape index (κ2) is 9.16. The Morgan fingerprint density at radius 2 is 1.89 bits per heavy atom. The molecule has 0 bridgehead atoms. The van der Waals surface area contributed by atoms with Gasteiger partial charge in [0.1, 0.15) is 5.82 Å². The van der Waals surface area contributed by atoms with Gasteiger partial charge >= 0.3 is 0 Å². The Balaban J connectivity index is 1.59. The molecule has 0 radical (unpaired) electrons. The summed E-state index contributed by atoms with van der Waals surface area (Å²) >= 11 is 0. The summed E-state index contributed by atoms with van der Waals surface area (Å²) in [7, 11) is 0. The van der Waals surface area contributed by atoms with Gasteiger partial charge in [-0.2, -0.15) is 4.98 Å². The fourth-order valence-electron chi connectivity index (χ4n) is 3.17. The first-order valence-electron chi connectivity index (χ1n) is 9.50. The predicted molar refractivity (Wildman–Crippen MR) is 110 cm³/mol. The van der Waals surface area contributed by atoms with E-state index < -0.39 is 0 Å².